The summed E-state index contributed by atoms with van der Waals surface area (Å²) < 4.78 is 55.7. The van der Waals surface area contributed by atoms with Crippen molar-refractivity contribution in [3.8, 4) is 29.1 Å². The Kier molecular flexibility index (Phi) is 8.29. The van der Waals surface area contributed by atoms with E-state index >= 15 is 0 Å². The van der Waals surface area contributed by atoms with Gasteiger partial charge in [-0.25, -0.2) is 0 Å². The highest BCUT2D eigenvalue weighted by molar-refractivity contribution is 6.42. The van der Waals surface area contributed by atoms with E-state index < -0.39 is 23.1 Å². The van der Waals surface area contributed by atoms with Crippen LogP contribution < -0.4 is 14.2 Å². The SMILES string of the molecule is CCC(=O)C(C#N)(Oc1cc(OC)cc(Oc2ccc(C(F)(F)F)cc2Cl)c1)c1ccc(Cl)c(Cl)c1. The first kappa shape index (κ1) is 27.5. The molecule has 0 saturated carbocycles. The largest absolute Gasteiger partial charge is 0.496 e. The topological polar surface area (TPSA) is 68.6 Å². The molecule has 0 aliphatic heterocycles. The van der Waals surface area contributed by atoms with Gasteiger partial charge in [-0.2, -0.15) is 18.4 Å². The summed E-state index contributed by atoms with van der Waals surface area (Å²) in [6.45, 7) is 1.57. The number of ether oxygens (including phenoxy) is 3. The lowest BCUT2D eigenvalue weighted by Crippen LogP contribution is -2.40. The first-order valence-corrected chi connectivity index (χ1v) is 11.4. The van der Waals surface area contributed by atoms with Crippen molar-refractivity contribution in [1.29, 1.82) is 5.26 Å². The molecule has 3 aromatic rings. The minimum Gasteiger partial charge on any atom is -0.496 e. The summed E-state index contributed by atoms with van der Waals surface area (Å²) in [6, 6.07) is 13.0. The quantitative estimate of drug-likeness (QED) is 0.278. The standard InChI is InChI=1S/C25H17Cl3F3NO4/c1-3-23(33)24(13-32,14-4-6-19(26)20(27)8-14)36-18-11-16(34-2)10-17(12-18)35-22-7-5-15(9-21(22)28)25(29,30)31/h4-12H,3H2,1-2H3. The average molecular weight is 559 g/mol. The van der Waals surface area contributed by atoms with Gasteiger partial charge in [0.05, 0.1) is 27.7 Å². The highest BCUT2D eigenvalue weighted by Gasteiger charge is 2.42. The van der Waals surface area contributed by atoms with Crippen LogP contribution in [-0.4, -0.2) is 12.9 Å². The van der Waals surface area contributed by atoms with E-state index in [1.807, 2.05) is 6.07 Å². The number of halogens is 6. The third kappa shape index (κ3) is 5.81. The van der Waals surface area contributed by atoms with Gasteiger partial charge in [-0.05, 0) is 30.3 Å². The highest BCUT2D eigenvalue weighted by Crippen LogP contribution is 2.40. The number of methoxy groups -OCH3 is 1. The van der Waals surface area contributed by atoms with Crippen LogP contribution in [0, 0.1) is 11.3 Å². The number of benzene rings is 3. The predicted molar refractivity (Wildman–Crippen MR) is 129 cm³/mol. The molecule has 0 bridgehead atoms. The van der Waals surface area contributed by atoms with E-state index in [4.69, 9.17) is 49.0 Å². The van der Waals surface area contributed by atoms with Crippen molar-refractivity contribution in [2.24, 2.45) is 0 Å². The molecule has 5 nitrogen and oxygen atoms in total. The molecule has 3 rings (SSSR count). The van der Waals surface area contributed by atoms with Crippen LogP contribution in [0.5, 0.6) is 23.0 Å². The number of carbonyl (C=O) groups is 1. The van der Waals surface area contributed by atoms with Gasteiger partial charge in [0.15, 0.2) is 5.78 Å². The predicted octanol–water partition coefficient (Wildman–Crippen LogP) is 8.24. The summed E-state index contributed by atoms with van der Waals surface area (Å²) in [5.74, 6) is -0.336. The Morgan fingerprint density at radius 2 is 1.50 bits per heavy atom. The molecule has 0 aliphatic rings. The average Bonchev–Trinajstić information content (AvgIpc) is 2.84. The zero-order valence-electron chi connectivity index (χ0n) is 18.8. The molecule has 0 amide bonds. The van der Waals surface area contributed by atoms with E-state index in [1.165, 1.54) is 43.5 Å². The van der Waals surface area contributed by atoms with Gasteiger partial charge >= 0.3 is 6.18 Å². The van der Waals surface area contributed by atoms with Crippen LogP contribution in [0.3, 0.4) is 0 Å². The Balaban J connectivity index is 2.04. The van der Waals surface area contributed by atoms with E-state index in [0.717, 1.165) is 18.2 Å². The van der Waals surface area contributed by atoms with Gasteiger partial charge in [-0.1, -0.05) is 47.8 Å². The fourth-order valence-corrected chi connectivity index (χ4v) is 3.75. The van der Waals surface area contributed by atoms with E-state index in [-0.39, 0.29) is 50.1 Å². The fourth-order valence-electron chi connectivity index (χ4n) is 3.24. The number of rotatable bonds is 8. The molecule has 0 spiro atoms. The number of hydrogen-bond acceptors (Lipinski definition) is 5. The second kappa shape index (κ2) is 10.9. The molecule has 0 aliphatic carbocycles. The van der Waals surface area contributed by atoms with E-state index in [0.29, 0.717) is 0 Å². The normalized spacial score (nSPS) is 12.9. The molecule has 0 heterocycles. The number of ketones is 1. The lowest BCUT2D eigenvalue weighted by molar-refractivity contribution is -0.137. The summed E-state index contributed by atoms with van der Waals surface area (Å²) in [7, 11) is 1.36. The van der Waals surface area contributed by atoms with Gasteiger partial charge in [0.1, 0.15) is 29.1 Å². The molecule has 1 atom stereocenters. The molecular weight excluding hydrogens is 542 g/mol. The van der Waals surface area contributed by atoms with Gasteiger partial charge in [0.2, 0.25) is 0 Å². The van der Waals surface area contributed by atoms with Crippen LogP contribution in [0.2, 0.25) is 15.1 Å². The smallest absolute Gasteiger partial charge is 0.416 e. The molecule has 36 heavy (non-hydrogen) atoms. The Hall–Kier alpha value is -3.12. The number of Topliss-reactive ketones (excluding diaryl/α,β-unsaturated/α-hetero) is 1. The van der Waals surface area contributed by atoms with Gasteiger partial charge in [0, 0.05) is 30.2 Å². The van der Waals surface area contributed by atoms with Crippen molar-refractivity contribution in [2.75, 3.05) is 7.11 Å². The Labute approximate surface area is 219 Å². The van der Waals surface area contributed by atoms with Gasteiger partial charge in [0.25, 0.3) is 5.60 Å². The summed E-state index contributed by atoms with van der Waals surface area (Å²) in [6.07, 6.45) is -4.61. The molecule has 0 saturated heterocycles. The van der Waals surface area contributed by atoms with Crippen LogP contribution in [0.25, 0.3) is 0 Å². The maximum atomic E-state index is 13.0. The molecule has 0 fully saturated rings. The number of nitrogens with zero attached hydrogens (tertiary/aromatic N) is 1. The van der Waals surface area contributed by atoms with E-state index in [1.54, 1.807) is 6.92 Å². The fraction of sp³-hybridized carbons (Fsp3) is 0.200. The Morgan fingerprint density at radius 1 is 0.889 bits per heavy atom. The lowest BCUT2D eigenvalue weighted by Gasteiger charge is -2.27. The van der Waals surface area contributed by atoms with Crippen molar-refractivity contribution in [1.82, 2.24) is 0 Å². The minimum absolute atomic E-state index is 0.00167. The number of hydrogen-bond donors (Lipinski definition) is 0. The molecule has 0 aromatic heterocycles. The van der Waals surface area contributed by atoms with E-state index in [2.05, 4.69) is 0 Å². The van der Waals surface area contributed by atoms with Crippen molar-refractivity contribution in [2.45, 2.75) is 25.1 Å². The molecular formula is C25H17Cl3F3NO4. The van der Waals surface area contributed by atoms with Crippen LogP contribution in [-0.2, 0) is 16.6 Å². The van der Waals surface area contributed by atoms with Gasteiger partial charge in [-0.3, -0.25) is 4.79 Å². The molecule has 188 valence electrons. The monoisotopic (exact) mass is 557 g/mol. The maximum Gasteiger partial charge on any atom is 0.416 e. The van der Waals surface area contributed by atoms with E-state index in [9.17, 15) is 23.2 Å². The maximum absolute atomic E-state index is 13.0. The molecule has 1 unspecified atom stereocenters. The summed E-state index contributed by atoms with van der Waals surface area (Å²) in [5, 5.41) is 10.1. The van der Waals surface area contributed by atoms with Crippen LogP contribution in [0.15, 0.2) is 54.6 Å². The molecule has 0 radical (unpaired) electrons. The van der Waals surface area contributed by atoms with Crippen molar-refractivity contribution >= 4 is 40.6 Å². The molecule has 0 N–H and O–H groups in total. The number of carbonyl (C=O) groups excluding carboxylic acids is 1. The zero-order valence-corrected chi connectivity index (χ0v) is 21.0. The lowest BCUT2D eigenvalue weighted by atomic mass is 9.89. The summed E-state index contributed by atoms with van der Waals surface area (Å²) in [5.41, 5.74) is -2.87. The zero-order chi connectivity index (χ0) is 26.7. The van der Waals surface area contributed by atoms with Crippen molar-refractivity contribution in [3.63, 3.8) is 0 Å². The number of nitriles is 1. The highest BCUT2D eigenvalue weighted by atomic mass is 35.5. The van der Waals surface area contributed by atoms with Crippen LogP contribution >= 0.6 is 34.8 Å². The second-order valence-electron chi connectivity index (χ2n) is 7.39. The van der Waals surface area contributed by atoms with Crippen molar-refractivity contribution in [3.05, 3.63) is 80.8 Å². The first-order chi connectivity index (χ1) is 16.9. The van der Waals surface area contributed by atoms with Crippen LogP contribution in [0.4, 0.5) is 13.2 Å². The number of alkyl halides is 3. The molecule has 3 aromatic carbocycles. The summed E-state index contributed by atoms with van der Waals surface area (Å²) in [4.78, 5) is 13.0. The Bertz CT molecular complexity index is 1340. The molecule has 11 heteroatoms. The Morgan fingerprint density at radius 3 is 2.06 bits per heavy atom. The van der Waals surface area contributed by atoms with Crippen LogP contribution in [0.1, 0.15) is 24.5 Å². The van der Waals surface area contributed by atoms with Gasteiger partial charge in [-0.15, -0.1) is 0 Å². The summed E-state index contributed by atoms with van der Waals surface area (Å²) >= 11 is 18.1. The second-order valence-corrected chi connectivity index (χ2v) is 8.61. The third-order valence-corrected chi connectivity index (χ3v) is 6.08. The van der Waals surface area contributed by atoms with Crippen molar-refractivity contribution < 1.29 is 32.2 Å². The minimum atomic E-state index is -4.57. The third-order valence-electron chi connectivity index (χ3n) is 5.04. The van der Waals surface area contributed by atoms with Gasteiger partial charge < -0.3 is 14.2 Å². The first-order valence-electron chi connectivity index (χ1n) is 10.3.